The lowest BCUT2D eigenvalue weighted by molar-refractivity contribution is -0.143. The van der Waals surface area contributed by atoms with Crippen LogP contribution in [-0.4, -0.2) is 169 Å². The average molecular weight is 1590 g/mol. The summed E-state index contributed by atoms with van der Waals surface area (Å²) in [6.45, 7) is 7.51. The maximum absolute atomic E-state index is 14.1. The Labute approximate surface area is 637 Å². The Balaban J connectivity index is 0.000000319. The van der Waals surface area contributed by atoms with Crippen LogP contribution in [0.4, 0.5) is 80.3 Å². The molecule has 4 atom stereocenters. The molecule has 7 heterocycles. The molecule has 1 fully saturated rings. The molecule has 24 nitrogen and oxygen atoms in total. The van der Waals surface area contributed by atoms with Crippen molar-refractivity contribution < 1.29 is 101 Å². The molecule has 38 heteroatoms. The number of phenolic OH excluding ortho intramolecular Hbond substituents is 1. The van der Waals surface area contributed by atoms with Gasteiger partial charge < -0.3 is 56.1 Å². The number of Topliss-reactive ketones (excluding diaryl/α,β-unsaturated/α-hetero) is 1. The summed E-state index contributed by atoms with van der Waals surface area (Å²) < 4.78 is 180. The van der Waals surface area contributed by atoms with Crippen molar-refractivity contribution in [3.05, 3.63) is 139 Å². The number of hydrogen-bond acceptors (Lipinski definition) is 22. The molecule has 5 aromatic heterocycles. The Morgan fingerprint density at radius 3 is 1.62 bits per heavy atom. The van der Waals surface area contributed by atoms with Gasteiger partial charge in [-0.25, -0.2) is 49.2 Å². The van der Waals surface area contributed by atoms with E-state index in [4.69, 9.17) is 14.2 Å². The van der Waals surface area contributed by atoms with Gasteiger partial charge in [-0.15, -0.1) is 11.3 Å². The van der Waals surface area contributed by atoms with Gasteiger partial charge in [-0.3, -0.25) is 19.2 Å². The molecule has 2 aliphatic heterocycles. The number of thiazole rings is 1. The lowest BCUT2D eigenvalue weighted by atomic mass is 9.97. The summed E-state index contributed by atoms with van der Waals surface area (Å²) in [5.74, 6) is -0.203. The van der Waals surface area contributed by atoms with Crippen LogP contribution in [0.15, 0.2) is 133 Å². The molecule has 602 valence electrons. The summed E-state index contributed by atoms with van der Waals surface area (Å²) >= 11 is 1.51. The van der Waals surface area contributed by atoms with Crippen molar-refractivity contribution >= 4 is 68.3 Å². The molecule has 2 aliphatic rings. The van der Waals surface area contributed by atoms with Gasteiger partial charge in [-0.2, -0.15) is 52.7 Å². The molecule has 9 aromatic rings. The topological polar surface area (TPSA) is 308 Å². The average Bonchev–Trinajstić information content (AvgIpc) is 1.76. The van der Waals surface area contributed by atoms with Crippen LogP contribution in [0.5, 0.6) is 23.0 Å². The Hall–Kier alpha value is -11.3. The van der Waals surface area contributed by atoms with Gasteiger partial charge in [0.1, 0.15) is 79.9 Å². The SMILES string of the molecule is CC(C)[C@@H](Nc1ccnc(-c2ccc3c(c2)OCCO3)n1)C(=O)NCC(F)(F)F.CC(C)[C@@H](Nc1ccnc(-c2ccc3ncsc3c2)n1)C(=O)CCC(F)(F)F.COc1ccc(-c2ncc(F)c(N[C@@H](C(=O)NCC(F)(F)F)C(C)C)n2)cc1.O=C(NCC(F)(F)F)[C@H]1CCCN1c1ccnc(-c2ccc(O)cc2)n1.[HH].[HH].[HH].[HH]. The zero-order valence-corrected chi connectivity index (χ0v) is 61.2. The molecule has 0 aliphatic carbocycles. The first-order valence-electron chi connectivity index (χ1n) is 34.3. The summed E-state index contributed by atoms with van der Waals surface area (Å²) in [6.07, 6.45) is -12.8. The van der Waals surface area contributed by atoms with E-state index in [1.807, 2.05) is 28.8 Å². The molecule has 0 saturated carbocycles. The minimum atomic E-state index is -4.54. The highest BCUT2D eigenvalue weighted by atomic mass is 32.1. The second-order valence-corrected chi connectivity index (χ2v) is 26.7. The second kappa shape index (κ2) is 38.3. The number of ether oxygens (including phenoxy) is 3. The molecule has 1 saturated heterocycles. The number of anilines is 4. The molecule has 7 N–H and O–H groups in total. The van der Waals surface area contributed by atoms with Gasteiger partial charge in [0.25, 0.3) is 0 Å². The molecule has 0 radical (unpaired) electrons. The molecule has 4 aromatic carbocycles. The number of halogens is 13. The number of fused-ring (bicyclic) bond motifs is 2. The number of ketones is 1. The summed E-state index contributed by atoms with van der Waals surface area (Å²) in [4.78, 5) is 88.6. The van der Waals surface area contributed by atoms with Crippen molar-refractivity contribution in [1.82, 2.24) is 60.8 Å². The van der Waals surface area contributed by atoms with Crippen molar-refractivity contribution in [3.8, 4) is 68.5 Å². The standard InChI is InChI=1S/C19H21F3N4O3.C19H19F3N4OS.C18H20F4N4O2.C17H17F3N4O2.4H2/c1-11(2)16(18(27)24-10-19(20,21)22)25-15-5-6-23-17(26-15)12-3-4-13-14(9-12)29-8-7-28-13;1-11(2)17(14(27)5-7-19(20,21)22)25-16-6-8-23-18(26-16)12-3-4-13-15(9-12)28-10-24-13;1-10(2)14(17(27)24-9-18(20,21)22)25-16-13(19)8-23-15(26-16)11-4-6-12(28-3)7-5-11;18-17(19,20)10-22-16(26)13-2-1-9-24(13)14-7-8-21-15(23-14)11-3-5-12(25)6-4-11;;;;/h3-6,9,11,16H,7-8,10H2,1-2H3,(H,24,27)(H,23,25,26);3-4,6,8-11,17H,5,7H2,1-2H3,(H,23,25,26);4-8,10,14H,9H2,1-3H3,(H,24,27)(H,23,25,26);3-8,13,25H,1-2,9-10H2,(H,22,26);4*1H/t16-;17-;14-;13-;;;;/m1111..../s1. The molecule has 11 rings (SSSR count). The number of alkyl halides is 12. The molecule has 0 bridgehead atoms. The number of phenols is 1. The molecule has 0 spiro atoms. The first-order valence-corrected chi connectivity index (χ1v) is 35.2. The first-order chi connectivity index (χ1) is 52.4. The number of carbonyl (C=O) groups excluding carboxylic acids is 4. The monoisotopic (exact) mass is 1590 g/mol. The first kappa shape index (κ1) is 85.3. The number of methoxy groups -OCH3 is 1. The summed E-state index contributed by atoms with van der Waals surface area (Å²) in [6, 6.07) is 25.3. The fourth-order valence-corrected chi connectivity index (χ4v) is 11.4. The smallest absolute Gasteiger partial charge is 0.405 e. The van der Waals surface area contributed by atoms with E-state index >= 15 is 0 Å². The highest BCUT2D eigenvalue weighted by Gasteiger charge is 2.37. The second-order valence-electron chi connectivity index (χ2n) is 25.9. The molecule has 0 unspecified atom stereocenters. The van der Waals surface area contributed by atoms with Crippen LogP contribution in [0, 0.1) is 23.6 Å². The fraction of sp³-hybridized carbons (Fsp3) is 0.384. The maximum Gasteiger partial charge on any atom is 0.405 e. The maximum atomic E-state index is 14.1. The van der Waals surface area contributed by atoms with E-state index in [-0.39, 0.29) is 34.9 Å². The van der Waals surface area contributed by atoms with E-state index in [1.54, 1.807) is 136 Å². The number of carbonyl (C=O) groups is 4. The van der Waals surface area contributed by atoms with E-state index in [0.717, 1.165) is 22.0 Å². The Morgan fingerprint density at radius 2 is 1.06 bits per heavy atom. The predicted octanol–water partition coefficient (Wildman–Crippen LogP) is 15.0. The van der Waals surface area contributed by atoms with Crippen LogP contribution < -0.4 is 51.0 Å². The van der Waals surface area contributed by atoms with Crippen LogP contribution in [0.25, 0.3) is 55.8 Å². The van der Waals surface area contributed by atoms with Crippen LogP contribution in [0.2, 0.25) is 0 Å². The number of nitrogens with zero attached hydrogens (tertiary/aromatic N) is 10. The minimum Gasteiger partial charge on any atom is -0.508 e. The van der Waals surface area contributed by atoms with Gasteiger partial charge in [0, 0.05) is 59.5 Å². The number of aromatic hydroxyl groups is 1. The highest BCUT2D eigenvalue weighted by Crippen LogP contribution is 2.35. The zero-order valence-electron chi connectivity index (χ0n) is 60.4. The van der Waals surface area contributed by atoms with E-state index < -0.39 is 117 Å². The Kier molecular flexibility index (Phi) is 29.5. The lowest BCUT2D eigenvalue weighted by Crippen LogP contribution is -2.46. The van der Waals surface area contributed by atoms with Crippen LogP contribution in [-0.2, 0) is 19.2 Å². The number of aromatic nitrogens is 9. The van der Waals surface area contributed by atoms with Gasteiger partial charge in [0.2, 0.25) is 17.7 Å². The Morgan fingerprint density at radius 1 is 0.568 bits per heavy atom. The third-order valence-electron chi connectivity index (χ3n) is 16.3. The third-order valence-corrected chi connectivity index (χ3v) is 17.1. The van der Waals surface area contributed by atoms with Gasteiger partial charge >= 0.3 is 24.7 Å². The number of amides is 3. The highest BCUT2D eigenvalue weighted by molar-refractivity contribution is 7.16. The largest absolute Gasteiger partial charge is 0.508 e. The fourth-order valence-electron chi connectivity index (χ4n) is 10.7. The van der Waals surface area contributed by atoms with Gasteiger partial charge in [-0.1, -0.05) is 41.5 Å². The van der Waals surface area contributed by atoms with Gasteiger partial charge in [0.05, 0.1) is 41.5 Å². The van der Waals surface area contributed by atoms with E-state index in [1.165, 1.54) is 43.0 Å². The number of nitrogens with one attached hydrogen (secondary N) is 6. The van der Waals surface area contributed by atoms with Crippen molar-refractivity contribution in [2.45, 2.75) is 116 Å². The quantitative estimate of drug-likeness (QED) is 0.0276. The number of benzene rings is 4. The molecule has 111 heavy (non-hydrogen) atoms. The van der Waals surface area contributed by atoms with Crippen LogP contribution >= 0.6 is 11.3 Å². The van der Waals surface area contributed by atoms with Crippen LogP contribution in [0.1, 0.15) is 72.9 Å². The summed E-state index contributed by atoms with van der Waals surface area (Å²) in [5.41, 5.74) is 5.38. The third kappa shape index (κ3) is 26.5. The van der Waals surface area contributed by atoms with Gasteiger partial charge in [-0.05, 0) is 134 Å². The predicted molar refractivity (Wildman–Crippen MR) is 395 cm³/mol. The van der Waals surface area contributed by atoms with Crippen molar-refractivity contribution in [1.29, 1.82) is 0 Å². The summed E-state index contributed by atoms with van der Waals surface area (Å²) in [5, 5.41) is 23.5. The lowest BCUT2D eigenvalue weighted by Gasteiger charge is -2.25. The number of rotatable bonds is 24. The van der Waals surface area contributed by atoms with Gasteiger partial charge in [0.15, 0.2) is 52.2 Å². The molecular formula is C73H85F13N16O8S. The molecule has 3 amide bonds. The van der Waals surface area contributed by atoms with E-state index in [2.05, 4.69) is 60.8 Å². The normalized spacial score (nSPS) is 14.3. The minimum absolute atomic E-state index is 0. The van der Waals surface area contributed by atoms with E-state index in [0.29, 0.717) is 101 Å². The van der Waals surface area contributed by atoms with Crippen molar-refractivity contribution in [2.75, 3.05) is 67.4 Å². The van der Waals surface area contributed by atoms with Crippen molar-refractivity contribution in [2.24, 2.45) is 17.8 Å². The zero-order chi connectivity index (χ0) is 81.0. The summed E-state index contributed by atoms with van der Waals surface area (Å²) in [7, 11) is 1.52. The Bertz CT molecular complexity index is 4600. The van der Waals surface area contributed by atoms with E-state index in [9.17, 15) is 81.4 Å². The molecular weight excluding hydrogens is 1510 g/mol. The van der Waals surface area contributed by atoms with Crippen molar-refractivity contribution in [3.63, 3.8) is 0 Å². The number of hydrogen-bond donors (Lipinski definition) is 7. The van der Waals surface area contributed by atoms with Crippen LogP contribution in [0.3, 0.4) is 0 Å².